The number of esters is 1. The average molecular weight is 418 g/mol. The van der Waals surface area contributed by atoms with Crippen LogP contribution in [0.2, 0.25) is 0 Å². The number of rotatable bonds is 4. The van der Waals surface area contributed by atoms with Crippen molar-refractivity contribution in [2.45, 2.75) is 6.54 Å². The first-order valence-corrected chi connectivity index (χ1v) is 7.51. The second kappa shape index (κ2) is 7.00. The summed E-state index contributed by atoms with van der Waals surface area (Å²) in [5.41, 5.74) is 1.39. The molecule has 0 saturated heterocycles. The molecule has 0 aliphatic carbocycles. The van der Waals surface area contributed by atoms with Crippen molar-refractivity contribution in [2.75, 3.05) is 12.4 Å². The molecule has 1 aromatic heterocycles. The molecular weight excluding hydrogens is 407 g/mol. The van der Waals surface area contributed by atoms with E-state index < -0.39 is 11.8 Å². The summed E-state index contributed by atoms with van der Waals surface area (Å²) in [7, 11) is 1.25. The van der Waals surface area contributed by atoms with Gasteiger partial charge < -0.3 is 10.1 Å². The van der Waals surface area contributed by atoms with Crippen molar-refractivity contribution in [2.24, 2.45) is 0 Å². The Labute approximate surface area is 138 Å². The third kappa shape index (κ3) is 4.01. The quantitative estimate of drug-likeness (QED) is 0.759. The molecular formula is C14H11Br2FN2O2. The van der Waals surface area contributed by atoms with Gasteiger partial charge in [0, 0.05) is 20.8 Å². The van der Waals surface area contributed by atoms with E-state index >= 15 is 0 Å². The number of halogens is 3. The van der Waals surface area contributed by atoms with Crippen LogP contribution in [-0.2, 0) is 11.3 Å². The summed E-state index contributed by atoms with van der Waals surface area (Å²) in [4.78, 5) is 15.9. The number of hydrogen-bond acceptors (Lipinski definition) is 4. The number of carbonyl (C=O) groups is 1. The van der Waals surface area contributed by atoms with E-state index in [1.54, 1.807) is 6.20 Å². The molecule has 4 nitrogen and oxygen atoms in total. The predicted molar refractivity (Wildman–Crippen MR) is 84.7 cm³/mol. The van der Waals surface area contributed by atoms with Crippen molar-refractivity contribution in [3.8, 4) is 0 Å². The van der Waals surface area contributed by atoms with Gasteiger partial charge in [-0.15, -0.1) is 0 Å². The van der Waals surface area contributed by atoms with Gasteiger partial charge in [0.2, 0.25) is 0 Å². The molecule has 0 aliphatic rings. The Kier molecular flexibility index (Phi) is 5.30. The van der Waals surface area contributed by atoms with E-state index in [9.17, 15) is 9.18 Å². The number of nitrogens with zero attached hydrogens (tertiary/aromatic N) is 1. The maximum Gasteiger partial charge on any atom is 0.340 e. The first-order valence-electron chi connectivity index (χ1n) is 5.93. The number of nitrogens with one attached hydrogen (secondary N) is 1. The van der Waals surface area contributed by atoms with Crippen molar-refractivity contribution >= 4 is 43.5 Å². The molecule has 0 bridgehead atoms. The van der Waals surface area contributed by atoms with E-state index in [1.165, 1.54) is 19.2 Å². The van der Waals surface area contributed by atoms with Gasteiger partial charge in [0.1, 0.15) is 5.82 Å². The monoisotopic (exact) mass is 416 g/mol. The van der Waals surface area contributed by atoms with Crippen molar-refractivity contribution in [1.29, 1.82) is 0 Å². The summed E-state index contributed by atoms with van der Waals surface area (Å²) >= 11 is 6.73. The largest absolute Gasteiger partial charge is 0.465 e. The number of pyridine rings is 1. The molecule has 2 aromatic rings. The molecule has 2 rings (SSSR count). The normalized spacial score (nSPS) is 10.3. The van der Waals surface area contributed by atoms with E-state index in [1.807, 2.05) is 6.07 Å². The third-order valence-corrected chi connectivity index (χ3v) is 3.84. The Balaban J connectivity index is 2.21. The fourth-order valence-corrected chi connectivity index (χ4v) is 2.83. The SMILES string of the molecule is COC(=O)c1cc(F)ccc1NCc1ncc(Br)cc1Br. The molecule has 7 heteroatoms. The van der Waals surface area contributed by atoms with Crippen LogP contribution in [0, 0.1) is 5.82 Å². The second-order valence-electron chi connectivity index (χ2n) is 4.12. The van der Waals surface area contributed by atoms with Gasteiger partial charge >= 0.3 is 5.97 Å². The summed E-state index contributed by atoms with van der Waals surface area (Å²) < 4.78 is 19.6. The molecule has 0 spiro atoms. The molecule has 0 aliphatic heterocycles. The molecule has 21 heavy (non-hydrogen) atoms. The van der Waals surface area contributed by atoms with Crippen LogP contribution in [0.25, 0.3) is 0 Å². The average Bonchev–Trinajstić information content (AvgIpc) is 2.46. The third-order valence-electron chi connectivity index (χ3n) is 2.72. The Bertz CT molecular complexity index is 680. The Morgan fingerprint density at radius 1 is 1.38 bits per heavy atom. The van der Waals surface area contributed by atoms with Gasteiger partial charge in [0.15, 0.2) is 0 Å². The number of methoxy groups -OCH3 is 1. The Morgan fingerprint density at radius 3 is 2.81 bits per heavy atom. The molecule has 0 atom stereocenters. The lowest BCUT2D eigenvalue weighted by Crippen LogP contribution is -2.09. The molecule has 1 N–H and O–H groups in total. The number of carbonyl (C=O) groups excluding carboxylic acids is 1. The van der Waals surface area contributed by atoms with Crippen LogP contribution < -0.4 is 5.32 Å². The van der Waals surface area contributed by atoms with Gasteiger partial charge in [-0.05, 0) is 56.1 Å². The summed E-state index contributed by atoms with van der Waals surface area (Å²) in [6.45, 7) is 0.378. The van der Waals surface area contributed by atoms with Gasteiger partial charge in [-0.3, -0.25) is 4.98 Å². The lowest BCUT2D eigenvalue weighted by atomic mass is 10.1. The maximum absolute atomic E-state index is 13.3. The van der Waals surface area contributed by atoms with Crippen LogP contribution in [0.4, 0.5) is 10.1 Å². The van der Waals surface area contributed by atoms with E-state index in [2.05, 4.69) is 46.9 Å². The van der Waals surface area contributed by atoms with Crippen molar-refractivity contribution in [3.05, 3.63) is 56.5 Å². The first kappa shape index (κ1) is 15.9. The van der Waals surface area contributed by atoms with Gasteiger partial charge in [0.25, 0.3) is 0 Å². The second-order valence-corrected chi connectivity index (χ2v) is 5.89. The molecule has 1 heterocycles. The number of benzene rings is 1. The Morgan fingerprint density at radius 2 is 2.14 bits per heavy atom. The molecule has 1 aromatic carbocycles. The van der Waals surface area contributed by atoms with E-state index in [0.717, 1.165) is 20.7 Å². The van der Waals surface area contributed by atoms with Crippen LogP contribution in [0.5, 0.6) is 0 Å². The first-order chi connectivity index (χ1) is 10.0. The predicted octanol–water partition coefficient (Wildman–Crippen LogP) is 4.14. The van der Waals surface area contributed by atoms with Crippen LogP contribution in [0.3, 0.4) is 0 Å². The minimum atomic E-state index is -0.597. The summed E-state index contributed by atoms with van der Waals surface area (Å²) in [6.07, 6.45) is 1.67. The molecule has 0 saturated carbocycles. The molecule has 0 amide bonds. The van der Waals surface area contributed by atoms with Gasteiger partial charge in [0.05, 0.1) is 24.9 Å². The molecule has 0 unspecified atom stereocenters. The van der Waals surface area contributed by atoms with Crippen molar-refractivity contribution in [3.63, 3.8) is 0 Å². The maximum atomic E-state index is 13.3. The van der Waals surface area contributed by atoms with Crippen LogP contribution >= 0.6 is 31.9 Å². The van der Waals surface area contributed by atoms with Gasteiger partial charge in [-0.1, -0.05) is 0 Å². The highest BCUT2D eigenvalue weighted by Crippen LogP contribution is 2.22. The fraction of sp³-hybridized carbons (Fsp3) is 0.143. The van der Waals surface area contributed by atoms with Gasteiger partial charge in [-0.25, -0.2) is 9.18 Å². The minimum absolute atomic E-state index is 0.144. The lowest BCUT2D eigenvalue weighted by Gasteiger charge is -2.11. The zero-order valence-electron chi connectivity index (χ0n) is 11.0. The molecule has 0 radical (unpaired) electrons. The van der Waals surface area contributed by atoms with Crippen molar-refractivity contribution < 1.29 is 13.9 Å². The lowest BCUT2D eigenvalue weighted by molar-refractivity contribution is 0.0601. The number of ether oxygens (including phenoxy) is 1. The van der Waals surface area contributed by atoms with E-state index in [4.69, 9.17) is 0 Å². The highest BCUT2D eigenvalue weighted by atomic mass is 79.9. The number of aromatic nitrogens is 1. The van der Waals surface area contributed by atoms with E-state index in [-0.39, 0.29) is 5.56 Å². The molecule has 110 valence electrons. The zero-order valence-corrected chi connectivity index (χ0v) is 14.2. The van der Waals surface area contributed by atoms with Crippen LogP contribution in [0.1, 0.15) is 16.1 Å². The zero-order chi connectivity index (χ0) is 15.4. The number of hydrogen-bond donors (Lipinski definition) is 1. The topological polar surface area (TPSA) is 51.2 Å². The summed E-state index contributed by atoms with van der Waals surface area (Å²) in [6, 6.07) is 5.78. The van der Waals surface area contributed by atoms with Crippen molar-refractivity contribution in [1.82, 2.24) is 4.98 Å². The Hall–Kier alpha value is -1.47. The van der Waals surface area contributed by atoms with Gasteiger partial charge in [-0.2, -0.15) is 0 Å². The van der Waals surface area contributed by atoms with E-state index in [0.29, 0.717) is 12.2 Å². The molecule has 0 fully saturated rings. The summed E-state index contributed by atoms with van der Waals surface area (Å²) in [5.74, 6) is -1.09. The highest BCUT2D eigenvalue weighted by Gasteiger charge is 2.13. The fourth-order valence-electron chi connectivity index (χ4n) is 1.70. The smallest absolute Gasteiger partial charge is 0.340 e. The minimum Gasteiger partial charge on any atom is -0.465 e. The highest BCUT2D eigenvalue weighted by molar-refractivity contribution is 9.11. The number of anilines is 1. The summed E-state index contributed by atoms with van der Waals surface area (Å²) in [5, 5.41) is 3.06. The van der Waals surface area contributed by atoms with Crippen LogP contribution in [0.15, 0.2) is 39.4 Å². The standard InChI is InChI=1S/C14H11Br2FN2O2/c1-21-14(20)10-5-9(17)2-3-12(10)19-7-13-11(16)4-8(15)6-18-13/h2-6,19H,7H2,1H3. The van der Waals surface area contributed by atoms with Crippen LogP contribution in [-0.4, -0.2) is 18.1 Å².